The van der Waals surface area contributed by atoms with Gasteiger partial charge in [-0.05, 0) is 67.1 Å². The first kappa shape index (κ1) is 14.2. The van der Waals surface area contributed by atoms with Gasteiger partial charge in [-0.3, -0.25) is 5.41 Å². The average molecular weight is 271 g/mol. The Morgan fingerprint density at radius 3 is 2.11 bits per heavy atom. The number of halogens is 1. The van der Waals surface area contributed by atoms with E-state index < -0.39 is 0 Å². The van der Waals surface area contributed by atoms with Gasteiger partial charge >= 0.3 is 0 Å². The van der Waals surface area contributed by atoms with Crippen LogP contribution in [0.25, 0.3) is 0 Å². The molecule has 0 heterocycles. The maximum atomic E-state index is 7.48. The highest BCUT2D eigenvalue weighted by molar-refractivity contribution is 5.85. The highest BCUT2D eigenvalue weighted by atomic mass is 35.5. The molecule has 3 heteroatoms. The van der Waals surface area contributed by atoms with E-state index in [2.05, 4.69) is 13.8 Å². The van der Waals surface area contributed by atoms with Gasteiger partial charge in [-0.1, -0.05) is 13.8 Å². The summed E-state index contributed by atoms with van der Waals surface area (Å²) in [6.07, 6.45) is 10.6. The third-order valence-electron chi connectivity index (χ3n) is 5.67. The molecule has 0 radical (unpaired) electrons. The van der Waals surface area contributed by atoms with E-state index >= 15 is 0 Å². The molecule has 0 spiro atoms. The van der Waals surface area contributed by atoms with Crippen LogP contribution >= 0.6 is 12.4 Å². The van der Waals surface area contributed by atoms with Crippen LogP contribution in [0.2, 0.25) is 0 Å². The van der Waals surface area contributed by atoms with Crippen LogP contribution in [-0.2, 0) is 0 Å². The Morgan fingerprint density at radius 1 is 1.11 bits per heavy atom. The number of hydrogen-bond acceptors (Lipinski definition) is 1. The maximum Gasteiger partial charge on any atom is 0.0905 e. The van der Waals surface area contributed by atoms with Crippen molar-refractivity contribution in [3.05, 3.63) is 0 Å². The second-order valence-electron chi connectivity index (χ2n) is 8.16. The van der Waals surface area contributed by atoms with E-state index in [1.807, 2.05) is 0 Å². The Morgan fingerprint density at radius 2 is 1.67 bits per heavy atom. The molecule has 0 saturated heterocycles. The van der Waals surface area contributed by atoms with Gasteiger partial charge in [-0.25, -0.2) is 0 Å². The van der Waals surface area contributed by atoms with Crippen molar-refractivity contribution in [2.75, 3.05) is 0 Å². The third-order valence-corrected chi connectivity index (χ3v) is 5.67. The lowest BCUT2D eigenvalue weighted by Crippen LogP contribution is -2.55. The van der Waals surface area contributed by atoms with Crippen LogP contribution in [0.1, 0.15) is 65.2 Å². The number of amidine groups is 1. The fourth-order valence-corrected chi connectivity index (χ4v) is 6.36. The standard InChI is InChI=1S/C15H26N2.ClH/c1-13-5-11-6-14(2,8-13)10-15(7-11,9-13)4-3-12(16)17;/h11H,3-10H2,1-2H3,(H3,16,17);1H. The van der Waals surface area contributed by atoms with E-state index in [0.29, 0.717) is 22.1 Å². The topological polar surface area (TPSA) is 49.9 Å². The molecule has 3 N–H and O–H groups in total. The van der Waals surface area contributed by atoms with Crippen molar-refractivity contribution in [2.24, 2.45) is 27.9 Å². The Labute approximate surface area is 117 Å². The minimum atomic E-state index is 0. The molecule has 2 nitrogen and oxygen atoms in total. The van der Waals surface area contributed by atoms with Crippen LogP contribution in [0.4, 0.5) is 0 Å². The zero-order chi connectivity index (χ0) is 12.3. The molecular weight excluding hydrogens is 244 g/mol. The summed E-state index contributed by atoms with van der Waals surface area (Å²) >= 11 is 0. The van der Waals surface area contributed by atoms with Crippen LogP contribution in [0, 0.1) is 27.6 Å². The van der Waals surface area contributed by atoms with E-state index in [4.69, 9.17) is 11.1 Å². The van der Waals surface area contributed by atoms with Gasteiger partial charge in [0.25, 0.3) is 0 Å². The van der Waals surface area contributed by atoms with E-state index in [9.17, 15) is 0 Å². The average Bonchev–Trinajstić information content (AvgIpc) is 2.08. The molecular formula is C15H27ClN2. The quantitative estimate of drug-likeness (QED) is 0.588. The maximum absolute atomic E-state index is 7.48. The summed E-state index contributed by atoms with van der Waals surface area (Å²) in [7, 11) is 0. The van der Waals surface area contributed by atoms with Crippen molar-refractivity contribution in [3.63, 3.8) is 0 Å². The molecule has 0 aromatic carbocycles. The summed E-state index contributed by atoms with van der Waals surface area (Å²) in [6.45, 7) is 5.02. The summed E-state index contributed by atoms with van der Waals surface area (Å²) < 4.78 is 0. The number of nitrogens with two attached hydrogens (primary N) is 1. The molecule has 4 rings (SSSR count). The Balaban J connectivity index is 0.00000120. The molecule has 4 bridgehead atoms. The van der Waals surface area contributed by atoms with Crippen molar-refractivity contribution >= 4 is 18.2 Å². The van der Waals surface area contributed by atoms with Gasteiger partial charge in [0.2, 0.25) is 0 Å². The molecule has 4 fully saturated rings. The molecule has 2 atom stereocenters. The largest absolute Gasteiger partial charge is 0.388 e. The smallest absolute Gasteiger partial charge is 0.0905 e. The van der Waals surface area contributed by atoms with E-state index in [1.54, 1.807) is 0 Å². The van der Waals surface area contributed by atoms with Crippen LogP contribution in [0.5, 0.6) is 0 Å². The minimum absolute atomic E-state index is 0. The van der Waals surface area contributed by atoms with Gasteiger partial charge in [0.15, 0.2) is 0 Å². The lowest BCUT2D eigenvalue weighted by atomic mass is 9.40. The van der Waals surface area contributed by atoms with Crippen molar-refractivity contribution in [2.45, 2.75) is 65.2 Å². The van der Waals surface area contributed by atoms with Gasteiger partial charge < -0.3 is 5.73 Å². The van der Waals surface area contributed by atoms with E-state index in [-0.39, 0.29) is 12.4 Å². The summed E-state index contributed by atoms with van der Waals surface area (Å²) in [4.78, 5) is 0. The second-order valence-corrected chi connectivity index (χ2v) is 8.16. The molecule has 104 valence electrons. The number of rotatable bonds is 3. The zero-order valence-electron chi connectivity index (χ0n) is 11.7. The van der Waals surface area contributed by atoms with E-state index in [0.717, 1.165) is 12.3 Å². The van der Waals surface area contributed by atoms with Gasteiger partial charge in [0.05, 0.1) is 5.84 Å². The predicted octanol–water partition coefficient (Wildman–Crippen LogP) is 4.12. The molecule has 18 heavy (non-hydrogen) atoms. The van der Waals surface area contributed by atoms with Crippen molar-refractivity contribution in [1.29, 1.82) is 5.41 Å². The first-order valence-corrected chi connectivity index (χ1v) is 7.15. The van der Waals surface area contributed by atoms with Gasteiger partial charge in [0, 0.05) is 6.42 Å². The zero-order valence-corrected chi connectivity index (χ0v) is 12.5. The molecule has 4 aliphatic carbocycles. The summed E-state index contributed by atoms with van der Waals surface area (Å²) in [5.41, 5.74) is 7.31. The molecule has 2 unspecified atom stereocenters. The van der Waals surface area contributed by atoms with Crippen LogP contribution < -0.4 is 5.73 Å². The monoisotopic (exact) mass is 270 g/mol. The highest BCUT2D eigenvalue weighted by Gasteiger charge is 2.59. The summed E-state index contributed by atoms with van der Waals surface area (Å²) in [5, 5.41) is 7.48. The van der Waals surface area contributed by atoms with Crippen molar-refractivity contribution in [1.82, 2.24) is 0 Å². The molecule has 0 aromatic heterocycles. The van der Waals surface area contributed by atoms with E-state index in [1.165, 1.54) is 44.9 Å². The Kier molecular flexibility index (Phi) is 3.25. The SMILES string of the molecule is CC12CC3CC(C)(C1)CC(CCC(=N)N)(C3)C2.Cl. The molecule has 0 amide bonds. The number of hydrogen-bond donors (Lipinski definition) is 2. The molecule has 4 aliphatic rings. The van der Waals surface area contributed by atoms with Gasteiger partial charge in [0.1, 0.15) is 0 Å². The lowest BCUT2D eigenvalue weighted by Gasteiger charge is -2.65. The minimum Gasteiger partial charge on any atom is -0.388 e. The van der Waals surface area contributed by atoms with Crippen LogP contribution in [-0.4, -0.2) is 5.84 Å². The van der Waals surface area contributed by atoms with Crippen molar-refractivity contribution < 1.29 is 0 Å². The Bertz CT molecular complexity index is 348. The third kappa shape index (κ3) is 2.29. The van der Waals surface area contributed by atoms with Crippen molar-refractivity contribution in [3.8, 4) is 0 Å². The number of nitrogens with one attached hydrogen (secondary N) is 1. The highest BCUT2D eigenvalue weighted by Crippen LogP contribution is 2.70. The van der Waals surface area contributed by atoms with Crippen LogP contribution in [0.15, 0.2) is 0 Å². The summed E-state index contributed by atoms with van der Waals surface area (Å²) in [5.74, 6) is 1.35. The Hall–Kier alpha value is -0.240. The second kappa shape index (κ2) is 4.13. The predicted molar refractivity (Wildman–Crippen MR) is 78.2 cm³/mol. The van der Waals surface area contributed by atoms with Gasteiger partial charge in [-0.2, -0.15) is 0 Å². The first-order valence-electron chi connectivity index (χ1n) is 7.15. The molecule has 4 saturated carbocycles. The fourth-order valence-electron chi connectivity index (χ4n) is 6.36. The lowest BCUT2D eigenvalue weighted by molar-refractivity contribution is -0.146. The molecule has 0 aromatic rings. The van der Waals surface area contributed by atoms with Gasteiger partial charge in [-0.15, -0.1) is 12.4 Å². The normalized spacial score (nSPS) is 48.9. The first-order chi connectivity index (χ1) is 7.82. The molecule has 0 aliphatic heterocycles. The van der Waals surface area contributed by atoms with Crippen LogP contribution in [0.3, 0.4) is 0 Å². The summed E-state index contributed by atoms with van der Waals surface area (Å²) in [6, 6.07) is 0. The fraction of sp³-hybridized carbons (Fsp3) is 0.933.